The van der Waals surface area contributed by atoms with Crippen molar-refractivity contribution in [2.45, 2.75) is 445 Å². The molecule has 0 saturated carbocycles. The van der Waals surface area contributed by atoms with Crippen LogP contribution in [0, 0.1) is 0 Å². The first kappa shape index (κ1) is 72.2. The molecule has 0 amide bonds. The molecule has 0 aliphatic heterocycles. The number of rotatable bonds is 65. The number of unbranched alkanes of at least 4 members (excludes halogenated alkanes) is 57. The van der Waals surface area contributed by atoms with E-state index in [-0.39, 0.29) is 0 Å². The maximum Gasteiger partial charge on any atom is -0.0273 e. The molecule has 0 heteroatoms. The summed E-state index contributed by atoms with van der Waals surface area (Å²) in [7, 11) is 0. The van der Waals surface area contributed by atoms with E-state index in [9.17, 15) is 0 Å². The van der Waals surface area contributed by atoms with Crippen LogP contribution in [0.4, 0.5) is 0 Å². The Kier molecular flexibility index (Phi) is 60.1. The minimum atomic E-state index is 1.26. The third kappa shape index (κ3) is 52.4. The van der Waals surface area contributed by atoms with Crippen LogP contribution in [0.2, 0.25) is 0 Å². The van der Waals surface area contributed by atoms with Crippen LogP contribution in [0.5, 0.6) is 0 Å². The van der Waals surface area contributed by atoms with Gasteiger partial charge in [0.05, 0.1) is 0 Å². The molecule has 0 aromatic heterocycles. The summed E-state index contributed by atoms with van der Waals surface area (Å²) >= 11 is 0. The molecule has 75 heavy (non-hydrogen) atoms. The Morgan fingerprint density at radius 1 is 0.160 bits per heavy atom. The van der Waals surface area contributed by atoms with Gasteiger partial charge in [-0.05, 0) is 67.2 Å². The van der Waals surface area contributed by atoms with Crippen LogP contribution in [0.15, 0.2) is 12.1 Å². The number of hydrogen-bond acceptors (Lipinski definition) is 0. The van der Waals surface area contributed by atoms with Crippen molar-refractivity contribution in [3.63, 3.8) is 0 Å². The molecule has 0 atom stereocenters. The van der Waals surface area contributed by atoms with E-state index in [0.717, 1.165) is 0 Å². The summed E-state index contributed by atoms with van der Waals surface area (Å²) in [4.78, 5) is 0. The first-order chi connectivity index (χ1) is 37.3. The van der Waals surface area contributed by atoms with Crippen LogP contribution < -0.4 is 0 Å². The maximum absolute atomic E-state index is 2.70. The lowest BCUT2D eigenvalue weighted by Crippen LogP contribution is -2.04. The van der Waals surface area contributed by atoms with Gasteiger partial charge in [0.2, 0.25) is 0 Å². The Balaban J connectivity index is 2.41. The topological polar surface area (TPSA) is 0 Å². The molecule has 0 nitrogen and oxygen atoms in total. The Morgan fingerprint density at radius 3 is 0.493 bits per heavy atom. The van der Waals surface area contributed by atoms with E-state index in [0.29, 0.717) is 0 Å². The van der Waals surface area contributed by atoms with Gasteiger partial charge < -0.3 is 0 Å². The second-order valence-electron chi connectivity index (χ2n) is 25.5. The van der Waals surface area contributed by atoms with Gasteiger partial charge in [-0.2, -0.15) is 0 Å². The Hall–Kier alpha value is -0.780. The van der Waals surface area contributed by atoms with Crippen molar-refractivity contribution in [1.29, 1.82) is 0 Å². The fourth-order valence-corrected chi connectivity index (χ4v) is 12.8. The summed E-state index contributed by atoms with van der Waals surface area (Å²) < 4.78 is 0. The smallest absolute Gasteiger partial charge is 0.0273 e. The van der Waals surface area contributed by atoms with Crippen molar-refractivity contribution >= 4 is 0 Å². The number of benzene rings is 1. The Morgan fingerprint density at radius 2 is 0.320 bits per heavy atom. The lowest BCUT2D eigenvalue weighted by atomic mass is 9.87. The van der Waals surface area contributed by atoms with E-state index >= 15 is 0 Å². The van der Waals surface area contributed by atoms with E-state index in [1.165, 1.54) is 417 Å². The zero-order valence-corrected chi connectivity index (χ0v) is 53.1. The normalized spacial score (nSPS) is 11.7. The molecule has 0 unspecified atom stereocenters. The average Bonchev–Trinajstić information content (AvgIpc) is 3.41. The van der Waals surface area contributed by atoms with Gasteiger partial charge in [-0.25, -0.2) is 0 Å². The molecule has 0 spiro atoms. The number of aryl methyl sites for hydroxylation is 3. The maximum atomic E-state index is 2.70. The lowest BCUT2D eigenvalue weighted by Gasteiger charge is -2.18. The third-order valence-electron chi connectivity index (χ3n) is 17.9. The largest absolute Gasteiger partial charge is 0.0654 e. The zero-order chi connectivity index (χ0) is 53.7. The SMILES string of the molecule is CCCCCCCCCCCCCCCCCCCCCCc1cc(CCC)cc(CCCCCCCCCCCCCCCCCCCCCC)c1CCCCCCCCCCCCCCCCCCCCCC. The van der Waals surface area contributed by atoms with Crippen LogP contribution >= 0.6 is 0 Å². The second-order valence-corrected chi connectivity index (χ2v) is 25.5. The lowest BCUT2D eigenvalue weighted by molar-refractivity contribution is 0.520. The molecule has 0 radical (unpaired) electrons. The van der Waals surface area contributed by atoms with Crippen molar-refractivity contribution in [1.82, 2.24) is 0 Å². The van der Waals surface area contributed by atoms with Crippen molar-refractivity contribution in [3.8, 4) is 0 Å². The van der Waals surface area contributed by atoms with Crippen molar-refractivity contribution in [2.24, 2.45) is 0 Å². The molecule has 0 heterocycles. The van der Waals surface area contributed by atoms with Gasteiger partial charge in [0, 0.05) is 0 Å². The molecule has 0 bridgehead atoms. The highest BCUT2D eigenvalue weighted by Gasteiger charge is 2.12. The first-order valence-electron chi connectivity index (χ1n) is 36.4. The Bertz CT molecular complexity index is 1130. The molecule has 0 aliphatic carbocycles. The van der Waals surface area contributed by atoms with E-state index in [1.807, 2.05) is 5.56 Å². The predicted octanol–water partition coefficient (Wildman–Crippen LogP) is 27.7. The summed E-state index contributed by atoms with van der Waals surface area (Å²) in [5, 5.41) is 0. The molecule has 444 valence electrons. The minimum absolute atomic E-state index is 1.26. The molecule has 0 N–H and O–H groups in total. The number of hydrogen-bond donors (Lipinski definition) is 0. The van der Waals surface area contributed by atoms with Gasteiger partial charge in [0.1, 0.15) is 0 Å². The molecule has 0 aliphatic rings. The summed E-state index contributed by atoms with van der Waals surface area (Å²) in [5.74, 6) is 0. The fraction of sp³-hybridized carbons (Fsp3) is 0.920. The van der Waals surface area contributed by atoms with Gasteiger partial charge >= 0.3 is 0 Å². The average molecular weight is 1050 g/mol. The first-order valence-corrected chi connectivity index (χ1v) is 36.4. The van der Waals surface area contributed by atoms with Gasteiger partial charge in [0.15, 0.2) is 0 Å². The van der Waals surface area contributed by atoms with Crippen LogP contribution in [-0.4, -0.2) is 0 Å². The molecule has 0 fully saturated rings. The van der Waals surface area contributed by atoms with Gasteiger partial charge in [-0.3, -0.25) is 0 Å². The van der Waals surface area contributed by atoms with Crippen molar-refractivity contribution in [2.75, 3.05) is 0 Å². The summed E-state index contributed by atoms with van der Waals surface area (Å²) in [5.41, 5.74) is 7.00. The quantitative estimate of drug-likeness (QED) is 0.0571. The van der Waals surface area contributed by atoms with Crippen molar-refractivity contribution in [3.05, 3.63) is 34.4 Å². The minimum Gasteiger partial charge on any atom is -0.0654 e. The summed E-state index contributed by atoms with van der Waals surface area (Å²) in [6, 6.07) is 5.40. The van der Waals surface area contributed by atoms with Crippen LogP contribution in [-0.2, 0) is 25.7 Å². The third-order valence-corrected chi connectivity index (χ3v) is 17.9. The van der Waals surface area contributed by atoms with E-state index in [2.05, 4.69) is 39.8 Å². The fourth-order valence-electron chi connectivity index (χ4n) is 12.8. The van der Waals surface area contributed by atoms with Crippen LogP contribution in [0.1, 0.15) is 442 Å². The van der Waals surface area contributed by atoms with Crippen molar-refractivity contribution < 1.29 is 0 Å². The van der Waals surface area contributed by atoms with Crippen LogP contribution in [0.3, 0.4) is 0 Å². The second kappa shape index (κ2) is 62.4. The highest BCUT2D eigenvalue weighted by molar-refractivity contribution is 5.40. The Labute approximate surface area is 477 Å². The summed E-state index contributed by atoms with van der Waals surface area (Å²) in [6.45, 7) is 9.36. The molecule has 1 aromatic carbocycles. The summed E-state index contributed by atoms with van der Waals surface area (Å²) in [6.07, 6.45) is 94.4. The van der Waals surface area contributed by atoms with E-state index in [1.54, 1.807) is 16.7 Å². The highest BCUT2D eigenvalue weighted by Crippen LogP contribution is 2.27. The predicted molar refractivity (Wildman–Crippen MR) is 346 cm³/mol. The molecular formula is C75H144. The van der Waals surface area contributed by atoms with Gasteiger partial charge in [-0.15, -0.1) is 0 Å². The zero-order valence-electron chi connectivity index (χ0n) is 53.1. The van der Waals surface area contributed by atoms with E-state index < -0.39 is 0 Å². The van der Waals surface area contributed by atoms with Crippen LogP contribution in [0.25, 0.3) is 0 Å². The molecule has 1 rings (SSSR count). The highest BCUT2D eigenvalue weighted by atomic mass is 14.2. The molecule has 0 saturated heterocycles. The monoisotopic (exact) mass is 1050 g/mol. The van der Waals surface area contributed by atoms with E-state index in [4.69, 9.17) is 0 Å². The molecule has 1 aromatic rings. The molecular weight excluding hydrogens is 901 g/mol. The van der Waals surface area contributed by atoms with Gasteiger partial charge in [0.25, 0.3) is 0 Å². The van der Waals surface area contributed by atoms with Gasteiger partial charge in [-0.1, -0.05) is 412 Å². The standard InChI is InChI=1S/C75H144/c1-5-9-12-15-18-21-24-27-30-33-36-39-42-45-48-51-54-57-60-63-67-73-70-72(66-8-4)71-74(68-64-61-58-55-52-49-46-43-40-37-34-31-28-25-22-19-16-13-10-6-2)75(73)69-65-62-59-56-53-50-47-44-41-38-35-32-29-26-23-20-17-14-11-7-3/h70-71H,5-69H2,1-4H3.